The highest BCUT2D eigenvalue weighted by molar-refractivity contribution is 9.10. The maximum atomic E-state index is 12.7. The first-order valence-corrected chi connectivity index (χ1v) is 11.7. The molecule has 1 N–H and O–H groups in total. The largest absolute Gasteiger partial charge is 0.341 e. The van der Waals surface area contributed by atoms with E-state index in [0.29, 0.717) is 19.4 Å². The fraction of sp³-hybridized carbons (Fsp3) is 0.474. The summed E-state index contributed by atoms with van der Waals surface area (Å²) in [6.45, 7) is 1.96. The fourth-order valence-electron chi connectivity index (χ4n) is 3.42. The first-order chi connectivity index (χ1) is 13.3. The van der Waals surface area contributed by atoms with E-state index in [0.717, 1.165) is 41.4 Å². The smallest absolute Gasteiger partial charge is 0.242 e. The molecule has 2 aliphatic rings. The van der Waals surface area contributed by atoms with Crippen LogP contribution in [0.3, 0.4) is 0 Å². The van der Waals surface area contributed by atoms with Crippen molar-refractivity contribution in [2.24, 2.45) is 0 Å². The van der Waals surface area contributed by atoms with Crippen LogP contribution in [0.15, 0.2) is 34.1 Å². The third-order valence-corrected chi connectivity index (χ3v) is 6.57. The van der Waals surface area contributed by atoms with Gasteiger partial charge in [-0.3, -0.25) is 9.59 Å². The van der Waals surface area contributed by atoms with Crippen LogP contribution in [0.1, 0.15) is 31.2 Å². The zero-order valence-corrected chi connectivity index (χ0v) is 17.9. The Kier molecular flexibility index (Phi) is 6.90. The summed E-state index contributed by atoms with van der Waals surface area (Å²) in [5, 5.41) is 1.07. The monoisotopic (exact) mass is 469 g/mol. The predicted molar refractivity (Wildman–Crippen MR) is 111 cm³/mol. The van der Waals surface area contributed by atoms with Gasteiger partial charge >= 0.3 is 0 Å². The molecular weight excluding hydrogens is 446 g/mol. The van der Waals surface area contributed by atoms with Crippen LogP contribution in [0, 0.1) is 0 Å². The van der Waals surface area contributed by atoms with Crippen molar-refractivity contribution in [1.29, 1.82) is 0 Å². The van der Waals surface area contributed by atoms with Crippen LogP contribution in [-0.2, 0) is 19.6 Å². The molecule has 1 aromatic carbocycles. The van der Waals surface area contributed by atoms with Crippen LogP contribution >= 0.6 is 15.9 Å². The topological polar surface area (TPSA) is 86.8 Å². The Morgan fingerprint density at radius 1 is 1.14 bits per heavy atom. The number of piperidine rings is 1. The van der Waals surface area contributed by atoms with Gasteiger partial charge in [0.25, 0.3) is 0 Å². The van der Waals surface area contributed by atoms with E-state index in [9.17, 15) is 18.0 Å². The molecule has 0 spiro atoms. The van der Waals surface area contributed by atoms with Crippen molar-refractivity contribution in [2.45, 2.75) is 31.7 Å². The lowest BCUT2D eigenvalue weighted by Gasteiger charge is -2.32. The number of sulfonamides is 1. The zero-order chi connectivity index (χ0) is 20.1. The standard InChI is InChI=1S/C19H24BrN3O4S/c20-16-7-5-15(6-8-16)9-13-28(26,27)21-17-4-3-12-23(19(17)25)14-18(24)22-10-1-2-11-22/h5-9,13,17,21H,1-4,10-12,14H2/b13-9+/t17-/m0/s1. The van der Waals surface area contributed by atoms with E-state index in [2.05, 4.69) is 20.7 Å². The third kappa shape index (κ3) is 5.65. The number of hydrogen-bond acceptors (Lipinski definition) is 4. The number of nitrogens with one attached hydrogen (secondary N) is 1. The van der Waals surface area contributed by atoms with Gasteiger partial charge in [-0.1, -0.05) is 28.1 Å². The Hall–Kier alpha value is -1.71. The quantitative estimate of drug-likeness (QED) is 0.689. The Bertz CT molecular complexity index is 848. The number of amides is 2. The molecule has 0 saturated carbocycles. The molecule has 1 atom stereocenters. The van der Waals surface area contributed by atoms with Crippen molar-refractivity contribution in [3.63, 3.8) is 0 Å². The summed E-state index contributed by atoms with van der Waals surface area (Å²) >= 11 is 3.33. The maximum absolute atomic E-state index is 12.7. The molecule has 0 aliphatic carbocycles. The fourth-order valence-corrected chi connectivity index (χ4v) is 4.71. The molecule has 1 aromatic rings. The molecule has 2 aliphatic heterocycles. The maximum Gasteiger partial charge on any atom is 0.242 e. The summed E-state index contributed by atoms with van der Waals surface area (Å²) in [5.74, 6) is -0.399. The molecule has 2 fully saturated rings. The molecule has 0 aromatic heterocycles. The van der Waals surface area contributed by atoms with Crippen LogP contribution in [0.5, 0.6) is 0 Å². The van der Waals surface area contributed by atoms with Crippen molar-refractivity contribution < 1.29 is 18.0 Å². The molecular formula is C19H24BrN3O4S. The van der Waals surface area contributed by atoms with Gasteiger partial charge in [0.05, 0.1) is 6.54 Å². The summed E-state index contributed by atoms with van der Waals surface area (Å²) < 4.78 is 28.1. The van der Waals surface area contributed by atoms with E-state index in [1.807, 2.05) is 12.1 Å². The average molecular weight is 470 g/mol. The van der Waals surface area contributed by atoms with Gasteiger partial charge in [-0.05, 0) is 49.5 Å². The number of hydrogen-bond donors (Lipinski definition) is 1. The first-order valence-electron chi connectivity index (χ1n) is 9.37. The van der Waals surface area contributed by atoms with Crippen molar-refractivity contribution in [2.75, 3.05) is 26.2 Å². The molecule has 28 heavy (non-hydrogen) atoms. The molecule has 0 radical (unpaired) electrons. The van der Waals surface area contributed by atoms with Crippen molar-refractivity contribution in [3.05, 3.63) is 39.7 Å². The Morgan fingerprint density at radius 2 is 1.82 bits per heavy atom. The lowest BCUT2D eigenvalue weighted by Crippen LogP contribution is -2.54. The molecule has 7 nitrogen and oxygen atoms in total. The first kappa shape index (κ1) is 21.0. The van der Waals surface area contributed by atoms with Gasteiger partial charge < -0.3 is 9.80 Å². The highest BCUT2D eigenvalue weighted by Crippen LogP contribution is 2.16. The number of nitrogens with zero attached hydrogens (tertiary/aromatic N) is 2. The number of carbonyl (C=O) groups is 2. The Balaban J connectivity index is 1.59. The lowest BCUT2D eigenvalue weighted by molar-refractivity contribution is -0.142. The minimum Gasteiger partial charge on any atom is -0.341 e. The summed E-state index contributed by atoms with van der Waals surface area (Å²) in [7, 11) is -3.78. The highest BCUT2D eigenvalue weighted by Gasteiger charge is 2.33. The normalized spacial score (nSPS) is 20.9. The van der Waals surface area contributed by atoms with Crippen LogP contribution in [0.2, 0.25) is 0 Å². The molecule has 2 heterocycles. The summed E-state index contributed by atoms with van der Waals surface area (Å²) in [6.07, 6.45) is 4.55. The van der Waals surface area contributed by atoms with Gasteiger partial charge in [-0.15, -0.1) is 0 Å². The van der Waals surface area contributed by atoms with Gasteiger partial charge in [0.1, 0.15) is 6.04 Å². The van der Waals surface area contributed by atoms with Gasteiger partial charge in [-0.2, -0.15) is 4.72 Å². The van der Waals surface area contributed by atoms with E-state index in [1.54, 1.807) is 17.0 Å². The highest BCUT2D eigenvalue weighted by atomic mass is 79.9. The molecule has 2 saturated heterocycles. The Labute approximate surface area is 173 Å². The predicted octanol–water partition coefficient (Wildman–Crippen LogP) is 1.95. The molecule has 152 valence electrons. The minimum atomic E-state index is -3.78. The minimum absolute atomic E-state index is 0.0196. The summed E-state index contributed by atoms with van der Waals surface area (Å²) in [4.78, 5) is 28.2. The van der Waals surface area contributed by atoms with E-state index in [-0.39, 0.29) is 18.4 Å². The second-order valence-corrected chi connectivity index (χ2v) is 9.57. The third-order valence-electron chi connectivity index (χ3n) is 4.93. The van der Waals surface area contributed by atoms with Gasteiger partial charge in [0, 0.05) is 29.5 Å². The number of rotatable bonds is 6. The lowest BCUT2D eigenvalue weighted by atomic mass is 10.1. The van der Waals surface area contributed by atoms with Gasteiger partial charge in [0.2, 0.25) is 21.8 Å². The van der Waals surface area contributed by atoms with E-state index >= 15 is 0 Å². The Morgan fingerprint density at radius 3 is 2.50 bits per heavy atom. The SMILES string of the molecule is O=C(CN1CCC[C@H](NS(=O)(=O)/C=C/c2ccc(Br)cc2)C1=O)N1CCCC1. The summed E-state index contributed by atoms with van der Waals surface area (Å²) in [5.41, 5.74) is 0.737. The molecule has 9 heteroatoms. The molecule has 2 amide bonds. The molecule has 3 rings (SSSR count). The summed E-state index contributed by atoms with van der Waals surface area (Å²) in [6, 6.07) is 6.38. The van der Waals surface area contributed by atoms with Gasteiger partial charge in [0.15, 0.2) is 0 Å². The molecule has 0 unspecified atom stereocenters. The number of carbonyl (C=O) groups excluding carboxylic acids is 2. The van der Waals surface area contributed by atoms with Crippen molar-refractivity contribution in [1.82, 2.24) is 14.5 Å². The van der Waals surface area contributed by atoms with Crippen LogP contribution < -0.4 is 4.72 Å². The van der Waals surface area contributed by atoms with E-state index in [1.165, 1.54) is 11.0 Å². The second-order valence-electron chi connectivity index (χ2n) is 7.06. The number of likely N-dealkylation sites (tertiary alicyclic amines) is 2. The number of benzene rings is 1. The van der Waals surface area contributed by atoms with E-state index in [4.69, 9.17) is 0 Å². The van der Waals surface area contributed by atoms with Crippen LogP contribution in [-0.4, -0.2) is 62.3 Å². The van der Waals surface area contributed by atoms with Gasteiger partial charge in [-0.25, -0.2) is 8.42 Å². The van der Waals surface area contributed by atoms with Crippen molar-refractivity contribution >= 4 is 43.8 Å². The van der Waals surface area contributed by atoms with Crippen LogP contribution in [0.4, 0.5) is 0 Å². The average Bonchev–Trinajstić information content (AvgIpc) is 3.19. The van der Waals surface area contributed by atoms with Crippen molar-refractivity contribution in [3.8, 4) is 0 Å². The van der Waals surface area contributed by atoms with Crippen LogP contribution in [0.25, 0.3) is 6.08 Å². The number of halogens is 1. The second kappa shape index (κ2) is 9.19. The molecule has 0 bridgehead atoms. The zero-order valence-electron chi connectivity index (χ0n) is 15.5. The van der Waals surface area contributed by atoms with E-state index < -0.39 is 16.1 Å².